The van der Waals surface area contributed by atoms with Crippen LogP contribution in [-0.4, -0.2) is 51.9 Å². The van der Waals surface area contributed by atoms with Gasteiger partial charge in [-0.2, -0.15) is 10.5 Å². The van der Waals surface area contributed by atoms with Gasteiger partial charge in [0.25, 0.3) is 5.56 Å². The molecule has 1 N–H and O–H groups in total. The number of carbonyl (C=O) groups excluding carboxylic acids is 1. The number of nitrogens with one attached hydrogen (secondary N) is 1. The fraction of sp³-hybridized carbons (Fsp3) is 0.588. The third kappa shape index (κ3) is 7.13. The average molecular weight is 525 g/mol. The van der Waals surface area contributed by atoms with E-state index >= 15 is 0 Å². The van der Waals surface area contributed by atoms with Gasteiger partial charge in [0.15, 0.2) is 12.3 Å². The topological polar surface area (TPSA) is 183 Å². The Bertz CT molecular complexity index is 1070. The molecule has 1 aromatic heterocycles. The van der Waals surface area contributed by atoms with Gasteiger partial charge in [-0.3, -0.25) is 32.7 Å². The maximum Gasteiger partial charge on any atom is 0.474 e. The number of nitrogens with zero attached hydrogens (tertiary/aromatic N) is 3. The molecule has 16 heteroatoms. The highest BCUT2D eigenvalue weighted by Gasteiger charge is 2.59. The lowest BCUT2D eigenvalue weighted by Crippen LogP contribution is -2.43. The first-order valence-corrected chi connectivity index (χ1v) is 11.5. The quantitative estimate of drug-likeness (QED) is 0.191. The number of carbonyl (C=O) groups is 1. The Kier molecular flexibility index (Phi) is 9.64. The SMILES string of the molecule is CC(=O)OC1C(COP(=O)(OCCC#N)OCCC#N)OC(n2ccc(=O)[nH]c2=O)C1(Cl)Cl. The summed E-state index contributed by atoms with van der Waals surface area (Å²) in [6.45, 7) is -0.0839. The van der Waals surface area contributed by atoms with E-state index < -0.39 is 54.4 Å². The van der Waals surface area contributed by atoms with Crippen LogP contribution in [0.3, 0.4) is 0 Å². The molecule has 3 atom stereocenters. The average Bonchev–Trinajstić information content (AvgIpc) is 2.97. The van der Waals surface area contributed by atoms with E-state index in [-0.39, 0.29) is 26.1 Å². The molecule has 2 rings (SSSR count). The largest absolute Gasteiger partial charge is 0.474 e. The molecule has 0 bridgehead atoms. The minimum Gasteiger partial charge on any atom is -0.456 e. The van der Waals surface area contributed by atoms with Crippen LogP contribution in [0.15, 0.2) is 21.9 Å². The van der Waals surface area contributed by atoms with E-state index in [1.54, 1.807) is 12.1 Å². The summed E-state index contributed by atoms with van der Waals surface area (Å²) in [6, 6.07) is 4.61. The fourth-order valence-corrected chi connectivity index (χ4v) is 4.59. The first kappa shape index (κ1) is 27.0. The number of hydrogen-bond donors (Lipinski definition) is 1. The lowest BCUT2D eigenvalue weighted by molar-refractivity contribution is -0.150. The van der Waals surface area contributed by atoms with E-state index in [4.69, 9.17) is 56.8 Å². The highest BCUT2D eigenvalue weighted by molar-refractivity contribution is 7.48. The summed E-state index contributed by atoms with van der Waals surface area (Å²) >= 11 is 12.8. The van der Waals surface area contributed by atoms with Crippen molar-refractivity contribution in [2.45, 2.75) is 42.5 Å². The zero-order chi connectivity index (χ0) is 24.6. The van der Waals surface area contributed by atoms with Crippen LogP contribution in [-0.2, 0) is 32.4 Å². The molecule has 13 nitrogen and oxygen atoms in total. The summed E-state index contributed by atoms with van der Waals surface area (Å²) in [6.07, 6.45) is -3.26. The van der Waals surface area contributed by atoms with Gasteiger partial charge in [-0.05, 0) is 0 Å². The predicted molar refractivity (Wildman–Crippen MR) is 111 cm³/mol. The number of aromatic nitrogens is 2. The zero-order valence-corrected chi connectivity index (χ0v) is 19.5. The van der Waals surface area contributed by atoms with E-state index in [0.29, 0.717) is 0 Å². The van der Waals surface area contributed by atoms with Crippen LogP contribution < -0.4 is 11.2 Å². The highest BCUT2D eigenvalue weighted by Crippen LogP contribution is 2.52. The Morgan fingerprint density at radius 3 is 2.36 bits per heavy atom. The van der Waals surface area contributed by atoms with Gasteiger partial charge in [0.05, 0.1) is 44.8 Å². The molecule has 1 aliphatic rings. The number of hydrogen-bond acceptors (Lipinski definition) is 11. The number of phosphoric acid groups is 1. The van der Waals surface area contributed by atoms with Gasteiger partial charge in [0.1, 0.15) is 6.10 Å². The number of halogens is 2. The lowest BCUT2D eigenvalue weighted by Gasteiger charge is -2.27. The van der Waals surface area contributed by atoms with Crippen LogP contribution in [0.1, 0.15) is 26.0 Å². The van der Waals surface area contributed by atoms with Crippen LogP contribution in [0.2, 0.25) is 0 Å². The van der Waals surface area contributed by atoms with Gasteiger partial charge in [0, 0.05) is 19.2 Å². The molecule has 1 aromatic rings. The van der Waals surface area contributed by atoms with Crippen molar-refractivity contribution in [3.63, 3.8) is 0 Å². The Morgan fingerprint density at radius 2 is 1.85 bits per heavy atom. The monoisotopic (exact) mass is 524 g/mol. The Balaban J connectivity index is 2.27. The number of rotatable bonds is 11. The number of phosphoric ester groups is 1. The van der Waals surface area contributed by atoms with Crippen molar-refractivity contribution in [1.29, 1.82) is 10.5 Å². The van der Waals surface area contributed by atoms with E-state index in [1.807, 2.05) is 4.98 Å². The standard InChI is InChI=1S/C17H19Cl2N4O9P/c1-11(24)31-14-12(10-30-33(27,28-8-2-5-20)29-9-3-6-21)32-15(17(14,18)19)23-7-4-13(25)22-16(23)26/h4,7,12,14-15H,2-3,8-10H2,1H3,(H,22,25,26). The van der Waals surface area contributed by atoms with Crippen molar-refractivity contribution >= 4 is 37.0 Å². The van der Waals surface area contributed by atoms with Crippen molar-refractivity contribution in [2.24, 2.45) is 0 Å². The number of H-pyrrole nitrogens is 1. The molecule has 0 aromatic carbocycles. The second-order valence-electron chi connectivity index (χ2n) is 6.47. The van der Waals surface area contributed by atoms with Crippen molar-refractivity contribution in [2.75, 3.05) is 19.8 Å². The second-order valence-corrected chi connectivity index (χ2v) is 9.59. The fourth-order valence-electron chi connectivity index (χ4n) is 2.72. The summed E-state index contributed by atoms with van der Waals surface area (Å²) in [7, 11) is -4.27. The maximum absolute atomic E-state index is 12.8. The summed E-state index contributed by atoms with van der Waals surface area (Å²) < 4.78 is 37.9. The molecule has 0 saturated carbocycles. The van der Waals surface area contributed by atoms with E-state index in [9.17, 15) is 18.9 Å². The van der Waals surface area contributed by atoms with Crippen molar-refractivity contribution in [3.05, 3.63) is 33.1 Å². The molecule has 2 heterocycles. The molecule has 0 amide bonds. The lowest BCUT2D eigenvalue weighted by atomic mass is 10.1. The van der Waals surface area contributed by atoms with Crippen LogP contribution in [0.5, 0.6) is 0 Å². The Hall–Kier alpha value is -2.22. The van der Waals surface area contributed by atoms with Gasteiger partial charge in [-0.25, -0.2) is 9.36 Å². The van der Waals surface area contributed by atoms with Crippen LogP contribution in [0.25, 0.3) is 0 Å². The van der Waals surface area contributed by atoms with Gasteiger partial charge in [-0.15, -0.1) is 0 Å². The minimum atomic E-state index is -4.27. The van der Waals surface area contributed by atoms with Crippen molar-refractivity contribution < 1.29 is 32.4 Å². The normalized spacial score (nSPS) is 21.8. The second kappa shape index (κ2) is 11.8. The van der Waals surface area contributed by atoms with Crippen LogP contribution >= 0.6 is 31.0 Å². The smallest absolute Gasteiger partial charge is 0.456 e. The van der Waals surface area contributed by atoms with Crippen LogP contribution in [0.4, 0.5) is 0 Å². The van der Waals surface area contributed by atoms with Crippen molar-refractivity contribution in [1.82, 2.24) is 9.55 Å². The van der Waals surface area contributed by atoms with Crippen LogP contribution in [0, 0.1) is 22.7 Å². The summed E-state index contributed by atoms with van der Waals surface area (Å²) in [5.74, 6) is -0.785. The maximum atomic E-state index is 12.8. The zero-order valence-electron chi connectivity index (χ0n) is 17.1. The first-order valence-electron chi connectivity index (χ1n) is 9.33. The summed E-state index contributed by atoms with van der Waals surface area (Å²) in [5.41, 5.74) is -1.57. The number of aromatic amines is 1. The number of ether oxygens (including phenoxy) is 2. The minimum absolute atomic E-state index is 0.116. The van der Waals surface area contributed by atoms with Gasteiger partial charge in [0.2, 0.25) is 4.33 Å². The predicted octanol–water partition coefficient (Wildman–Crippen LogP) is 1.52. The molecule has 3 unspecified atom stereocenters. The number of alkyl halides is 2. The van der Waals surface area contributed by atoms with E-state index in [0.717, 1.165) is 23.8 Å². The summed E-state index contributed by atoms with van der Waals surface area (Å²) in [4.78, 5) is 37.2. The molecule has 1 fully saturated rings. The Morgan fingerprint density at radius 1 is 1.24 bits per heavy atom. The Labute approximate surface area is 197 Å². The third-order valence-electron chi connectivity index (χ3n) is 4.07. The molecule has 1 aliphatic heterocycles. The van der Waals surface area contributed by atoms with Gasteiger partial charge < -0.3 is 9.47 Å². The van der Waals surface area contributed by atoms with Crippen molar-refractivity contribution in [3.8, 4) is 12.1 Å². The molecular weight excluding hydrogens is 506 g/mol. The molecular formula is C17H19Cl2N4O9P. The number of nitriles is 2. The molecule has 0 radical (unpaired) electrons. The molecule has 33 heavy (non-hydrogen) atoms. The molecule has 1 saturated heterocycles. The highest BCUT2D eigenvalue weighted by atomic mass is 35.5. The first-order chi connectivity index (χ1) is 15.5. The third-order valence-corrected chi connectivity index (χ3v) is 6.34. The van der Waals surface area contributed by atoms with Gasteiger partial charge in [-0.1, -0.05) is 23.2 Å². The van der Waals surface area contributed by atoms with E-state index in [2.05, 4.69) is 0 Å². The molecule has 0 aliphatic carbocycles. The van der Waals surface area contributed by atoms with Gasteiger partial charge >= 0.3 is 19.5 Å². The number of esters is 1. The molecule has 0 spiro atoms. The summed E-state index contributed by atoms with van der Waals surface area (Å²) in [5, 5.41) is 17.3. The van der Waals surface area contributed by atoms with E-state index in [1.165, 1.54) is 0 Å². The molecule has 180 valence electrons.